The summed E-state index contributed by atoms with van der Waals surface area (Å²) in [6.07, 6.45) is 0. The SMILES string of the molecule is COc1ccc(Cl)cc1CN1CCN(C(=O)c2c(C)nn(-c3ccc(F)cc3)c2C)CC1. The van der Waals surface area contributed by atoms with Gasteiger partial charge in [0.05, 0.1) is 29.7 Å². The first-order valence-corrected chi connectivity index (χ1v) is 10.9. The van der Waals surface area contributed by atoms with Gasteiger partial charge in [-0.05, 0) is 56.3 Å². The van der Waals surface area contributed by atoms with Crippen LogP contribution in [0.4, 0.5) is 4.39 Å². The molecule has 0 aliphatic carbocycles. The number of rotatable bonds is 5. The standard InChI is InChI=1S/C24H26ClFN4O2/c1-16-23(17(2)30(27-16)21-7-5-20(26)6-8-21)24(31)29-12-10-28(11-13-29)15-18-14-19(25)4-9-22(18)32-3/h4-9,14H,10-13,15H2,1-3H3. The van der Waals surface area contributed by atoms with Crippen molar-refractivity contribution < 1.29 is 13.9 Å². The van der Waals surface area contributed by atoms with Crippen molar-refractivity contribution in [3.05, 3.63) is 75.8 Å². The number of aryl methyl sites for hydroxylation is 1. The number of aromatic nitrogens is 2. The van der Waals surface area contributed by atoms with E-state index in [0.717, 1.165) is 35.8 Å². The molecule has 0 radical (unpaired) electrons. The average Bonchev–Trinajstić information content (AvgIpc) is 3.08. The van der Waals surface area contributed by atoms with Crippen LogP contribution in [0.25, 0.3) is 5.69 Å². The summed E-state index contributed by atoms with van der Waals surface area (Å²) in [5.74, 6) is 0.487. The topological polar surface area (TPSA) is 50.6 Å². The molecular weight excluding hydrogens is 431 g/mol. The van der Waals surface area contributed by atoms with Crippen LogP contribution in [-0.4, -0.2) is 58.8 Å². The van der Waals surface area contributed by atoms with E-state index in [-0.39, 0.29) is 11.7 Å². The summed E-state index contributed by atoms with van der Waals surface area (Å²) >= 11 is 6.15. The molecule has 0 N–H and O–H groups in total. The summed E-state index contributed by atoms with van der Waals surface area (Å²) in [6.45, 7) is 7.19. The van der Waals surface area contributed by atoms with Crippen molar-refractivity contribution in [1.82, 2.24) is 19.6 Å². The van der Waals surface area contributed by atoms with Gasteiger partial charge in [0.1, 0.15) is 11.6 Å². The molecule has 8 heteroatoms. The second-order valence-corrected chi connectivity index (χ2v) is 8.39. The highest BCUT2D eigenvalue weighted by Crippen LogP contribution is 2.25. The first-order valence-electron chi connectivity index (χ1n) is 10.5. The van der Waals surface area contributed by atoms with E-state index in [2.05, 4.69) is 10.00 Å². The Labute approximate surface area is 192 Å². The van der Waals surface area contributed by atoms with Crippen molar-refractivity contribution in [3.8, 4) is 11.4 Å². The van der Waals surface area contributed by atoms with Crippen LogP contribution in [-0.2, 0) is 6.54 Å². The molecule has 0 unspecified atom stereocenters. The Bertz CT molecular complexity index is 1120. The number of piperazine rings is 1. The van der Waals surface area contributed by atoms with Gasteiger partial charge in [-0.15, -0.1) is 0 Å². The Balaban J connectivity index is 1.45. The quantitative estimate of drug-likeness (QED) is 0.576. The van der Waals surface area contributed by atoms with Crippen molar-refractivity contribution in [1.29, 1.82) is 0 Å². The van der Waals surface area contributed by atoms with E-state index in [4.69, 9.17) is 16.3 Å². The van der Waals surface area contributed by atoms with Crippen molar-refractivity contribution in [3.63, 3.8) is 0 Å². The van der Waals surface area contributed by atoms with Gasteiger partial charge in [0.2, 0.25) is 0 Å². The number of hydrogen-bond acceptors (Lipinski definition) is 4. The molecule has 0 saturated carbocycles. The van der Waals surface area contributed by atoms with E-state index >= 15 is 0 Å². The first-order chi connectivity index (χ1) is 15.4. The summed E-state index contributed by atoms with van der Waals surface area (Å²) < 4.78 is 20.4. The molecule has 0 spiro atoms. The summed E-state index contributed by atoms with van der Waals surface area (Å²) in [6, 6.07) is 11.7. The largest absolute Gasteiger partial charge is 0.496 e. The van der Waals surface area contributed by atoms with Crippen molar-refractivity contribution in [2.24, 2.45) is 0 Å². The van der Waals surface area contributed by atoms with Gasteiger partial charge in [-0.3, -0.25) is 9.69 Å². The molecule has 2 aromatic carbocycles. The van der Waals surface area contributed by atoms with E-state index in [1.54, 1.807) is 23.9 Å². The first kappa shape index (κ1) is 22.3. The lowest BCUT2D eigenvalue weighted by atomic mass is 10.1. The highest BCUT2D eigenvalue weighted by Gasteiger charge is 2.27. The summed E-state index contributed by atoms with van der Waals surface area (Å²) in [5.41, 5.74) is 3.80. The highest BCUT2D eigenvalue weighted by molar-refractivity contribution is 6.30. The van der Waals surface area contributed by atoms with Crippen LogP contribution in [0.1, 0.15) is 27.3 Å². The molecule has 3 aromatic rings. The second kappa shape index (κ2) is 9.30. The Morgan fingerprint density at radius 3 is 2.44 bits per heavy atom. The van der Waals surface area contributed by atoms with E-state index in [0.29, 0.717) is 35.9 Å². The maximum absolute atomic E-state index is 13.3. The number of nitrogens with zero attached hydrogens (tertiary/aromatic N) is 4. The minimum absolute atomic E-state index is 0.0200. The number of methoxy groups -OCH3 is 1. The van der Waals surface area contributed by atoms with Crippen LogP contribution >= 0.6 is 11.6 Å². The van der Waals surface area contributed by atoms with Gasteiger partial charge in [0.25, 0.3) is 5.91 Å². The molecule has 1 saturated heterocycles. The summed E-state index contributed by atoms with van der Waals surface area (Å²) in [4.78, 5) is 17.5. The number of benzene rings is 2. The maximum Gasteiger partial charge on any atom is 0.257 e. The third-order valence-corrected chi connectivity index (χ3v) is 6.11. The molecule has 6 nitrogen and oxygen atoms in total. The summed E-state index contributed by atoms with van der Waals surface area (Å²) in [5, 5.41) is 5.21. The minimum atomic E-state index is -0.306. The number of ether oxygens (including phenoxy) is 1. The molecule has 1 amide bonds. The molecule has 1 aromatic heterocycles. The fourth-order valence-corrected chi connectivity index (χ4v) is 4.36. The third-order valence-electron chi connectivity index (χ3n) is 5.87. The maximum atomic E-state index is 13.3. The molecule has 1 aliphatic heterocycles. The number of carbonyl (C=O) groups excluding carboxylic acids is 1. The average molecular weight is 457 g/mol. The zero-order valence-corrected chi connectivity index (χ0v) is 19.2. The zero-order chi connectivity index (χ0) is 22.8. The number of halogens is 2. The molecular formula is C24H26ClFN4O2. The third kappa shape index (κ3) is 4.49. The number of hydrogen-bond donors (Lipinski definition) is 0. The fourth-order valence-electron chi connectivity index (χ4n) is 4.16. The predicted octanol–water partition coefficient (Wildman–Crippen LogP) is 4.25. The Hall–Kier alpha value is -2.90. The molecule has 168 valence electrons. The smallest absolute Gasteiger partial charge is 0.257 e. The molecule has 0 atom stereocenters. The van der Waals surface area contributed by atoms with Gasteiger partial charge >= 0.3 is 0 Å². The van der Waals surface area contributed by atoms with Gasteiger partial charge in [-0.1, -0.05) is 11.6 Å². The van der Waals surface area contributed by atoms with E-state index in [1.165, 1.54) is 12.1 Å². The van der Waals surface area contributed by atoms with Crippen molar-refractivity contribution >= 4 is 17.5 Å². The van der Waals surface area contributed by atoms with Gasteiger partial charge in [-0.2, -0.15) is 5.10 Å². The number of carbonyl (C=O) groups is 1. The van der Waals surface area contributed by atoms with E-state index in [1.807, 2.05) is 36.9 Å². The fraction of sp³-hybridized carbons (Fsp3) is 0.333. The van der Waals surface area contributed by atoms with E-state index in [9.17, 15) is 9.18 Å². The predicted molar refractivity (Wildman–Crippen MR) is 122 cm³/mol. The Morgan fingerprint density at radius 2 is 1.78 bits per heavy atom. The van der Waals surface area contributed by atoms with E-state index < -0.39 is 0 Å². The van der Waals surface area contributed by atoms with Gasteiger partial charge in [0.15, 0.2) is 0 Å². The van der Waals surface area contributed by atoms with Crippen LogP contribution in [0.2, 0.25) is 5.02 Å². The molecule has 1 aliphatic rings. The van der Waals surface area contributed by atoms with Crippen LogP contribution < -0.4 is 4.74 Å². The van der Waals surface area contributed by atoms with Crippen molar-refractivity contribution in [2.75, 3.05) is 33.3 Å². The highest BCUT2D eigenvalue weighted by atomic mass is 35.5. The molecule has 4 rings (SSSR count). The van der Waals surface area contributed by atoms with Gasteiger partial charge in [-0.25, -0.2) is 9.07 Å². The lowest BCUT2D eigenvalue weighted by molar-refractivity contribution is 0.0626. The van der Waals surface area contributed by atoms with Crippen molar-refractivity contribution in [2.45, 2.75) is 20.4 Å². The van der Waals surface area contributed by atoms with Crippen LogP contribution in [0, 0.1) is 19.7 Å². The lowest BCUT2D eigenvalue weighted by Crippen LogP contribution is -2.48. The zero-order valence-electron chi connectivity index (χ0n) is 18.4. The van der Waals surface area contributed by atoms with Gasteiger partial charge < -0.3 is 9.64 Å². The molecule has 32 heavy (non-hydrogen) atoms. The molecule has 0 bridgehead atoms. The summed E-state index contributed by atoms with van der Waals surface area (Å²) in [7, 11) is 1.65. The Kier molecular flexibility index (Phi) is 6.48. The van der Waals surface area contributed by atoms with Crippen LogP contribution in [0.15, 0.2) is 42.5 Å². The monoisotopic (exact) mass is 456 g/mol. The van der Waals surface area contributed by atoms with Crippen LogP contribution in [0.5, 0.6) is 5.75 Å². The van der Waals surface area contributed by atoms with Crippen LogP contribution in [0.3, 0.4) is 0 Å². The lowest BCUT2D eigenvalue weighted by Gasteiger charge is -2.35. The second-order valence-electron chi connectivity index (χ2n) is 7.96. The van der Waals surface area contributed by atoms with Gasteiger partial charge in [0, 0.05) is 43.3 Å². The number of amides is 1. The molecule has 2 heterocycles. The Morgan fingerprint density at radius 1 is 1.09 bits per heavy atom. The molecule has 1 fully saturated rings. The minimum Gasteiger partial charge on any atom is -0.496 e. The normalized spacial score (nSPS) is 14.6.